The topological polar surface area (TPSA) is 82.3 Å². The van der Waals surface area contributed by atoms with Gasteiger partial charge in [0.2, 0.25) is 0 Å². The molecule has 2 amide bonds. The molecular weight excluding hydrogens is 370 g/mol. The van der Waals surface area contributed by atoms with E-state index in [2.05, 4.69) is 5.32 Å². The minimum atomic E-state index is -0.683. The predicted molar refractivity (Wildman–Crippen MR) is 108 cm³/mol. The summed E-state index contributed by atoms with van der Waals surface area (Å²) < 4.78 is 8.66. The summed E-state index contributed by atoms with van der Waals surface area (Å²) >= 11 is 0. The zero-order valence-electron chi connectivity index (χ0n) is 16.9. The van der Waals surface area contributed by atoms with Gasteiger partial charge in [0, 0.05) is 30.3 Å². The minimum absolute atomic E-state index is 0.339. The van der Waals surface area contributed by atoms with Crippen LogP contribution in [0.2, 0.25) is 0 Å². The molecule has 0 fully saturated rings. The van der Waals surface area contributed by atoms with Crippen molar-refractivity contribution in [2.75, 3.05) is 6.61 Å². The van der Waals surface area contributed by atoms with E-state index in [-0.39, 0.29) is 0 Å². The minimum Gasteiger partial charge on any atom is -0.452 e. The fourth-order valence-corrected chi connectivity index (χ4v) is 3.19. The zero-order valence-corrected chi connectivity index (χ0v) is 16.9. The lowest BCUT2D eigenvalue weighted by molar-refractivity contribution is -0.123. The first-order valence-electron chi connectivity index (χ1n) is 9.16. The number of nitrogens with one attached hydrogen (secondary N) is 1. The number of esters is 1. The fraction of sp³-hybridized carbons (Fsp3) is 0.227. The van der Waals surface area contributed by atoms with Crippen LogP contribution in [0, 0.1) is 20.8 Å². The van der Waals surface area contributed by atoms with Crippen molar-refractivity contribution in [2.45, 2.75) is 20.8 Å². The lowest BCUT2D eigenvalue weighted by Gasteiger charge is -2.10. The first-order valence-corrected chi connectivity index (χ1v) is 9.16. The van der Waals surface area contributed by atoms with Crippen LogP contribution in [0.25, 0.3) is 5.69 Å². The van der Waals surface area contributed by atoms with Crippen LogP contribution in [0.5, 0.6) is 0 Å². The highest BCUT2D eigenvalue weighted by molar-refractivity contribution is 6.04. The fourth-order valence-electron chi connectivity index (χ4n) is 3.19. The molecule has 0 unspecified atom stereocenters. The van der Waals surface area contributed by atoms with E-state index in [4.69, 9.17) is 4.74 Å². The van der Waals surface area contributed by atoms with E-state index in [0.717, 1.165) is 22.6 Å². The van der Waals surface area contributed by atoms with Gasteiger partial charge in [0.15, 0.2) is 6.61 Å². The quantitative estimate of drug-likeness (QED) is 0.676. The number of benzene rings is 1. The van der Waals surface area contributed by atoms with Gasteiger partial charge in [0.05, 0.1) is 5.56 Å². The monoisotopic (exact) mass is 393 g/mol. The lowest BCUT2D eigenvalue weighted by Crippen LogP contribution is -2.35. The van der Waals surface area contributed by atoms with Crippen molar-refractivity contribution in [3.63, 3.8) is 0 Å². The van der Waals surface area contributed by atoms with E-state index < -0.39 is 24.4 Å². The number of ether oxygens (including phenoxy) is 1. The number of hydrogen-bond donors (Lipinski definition) is 1. The first kappa shape index (κ1) is 20.1. The molecule has 0 aliphatic rings. The standard InChI is InChI=1S/C22H23N3O4/c1-14-7-9-17(10-8-14)25-15(2)12-18(16(25)3)22(28)29-13-20(26)23-21(27)19-6-5-11-24(19)4/h5-12H,13H2,1-4H3,(H,23,26,27). The van der Waals surface area contributed by atoms with Crippen molar-refractivity contribution < 1.29 is 19.1 Å². The van der Waals surface area contributed by atoms with Gasteiger partial charge >= 0.3 is 5.97 Å². The van der Waals surface area contributed by atoms with Gasteiger partial charge in [-0.25, -0.2) is 4.79 Å². The Bertz CT molecular complexity index is 1070. The molecule has 0 aliphatic carbocycles. The first-order chi connectivity index (χ1) is 13.8. The Hall–Kier alpha value is -3.61. The van der Waals surface area contributed by atoms with Crippen molar-refractivity contribution in [1.29, 1.82) is 0 Å². The van der Waals surface area contributed by atoms with Crippen LogP contribution in [0.1, 0.15) is 37.8 Å². The lowest BCUT2D eigenvalue weighted by atomic mass is 10.2. The number of aromatic nitrogens is 2. The maximum absolute atomic E-state index is 12.5. The molecule has 7 heteroatoms. The SMILES string of the molecule is Cc1ccc(-n2c(C)cc(C(=O)OCC(=O)NC(=O)c3cccn3C)c2C)cc1. The summed E-state index contributed by atoms with van der Waals surface area (Å²) in [7, 11) is 1.70. The second-order valence-electron chi connectivity index (χ2n) is 6.91. The third kappa shape index (κ3) is 4.29. The molecule has 3 rings (SSSR count). The molecule has 150 valence electrons. The largest absolute Gasteiger partial charge is 0.452 e. The molecule has 1 aromatic carbocycles. The number of rotatable bonds is 5. The van der Waals surface area contributed by atoms with Crippen LogP contribution < -0.4 is 5.32 Å². The Morgan fingerprint density at radius 3 is 2.34 bits per heavy atom. The van der Waals surface area contributed by atoms with E-state index in [9.17, 15) is 14.4 Å². The summed E-state index contributed by atoms with van der Waals surface area (Å²) in [4.78, 5) is 36.5. The van der Waals surface area contributed by atoms with E-state index in [0.29, 0.717) is 11.3 Å². The Morgan fingerprint density at radius 2 is 1.72 bits per heavy atom. The van der Waals surface area contributed by atoms with Crippen LogP contribution in [-0.4, -0.2) is 33.5 Å². The number of aryl methyl sites for hydroxylation is 3. The van der Waals surface area contributed by atoms with E-state index >= 15 is 0 Å². The van der Waals surface area contributed by atoms with Gasteiger partial charge in [-0.15, -0.1) is 0 Å². The summed E-state index contributed by atoms with van der Waals surface area (Å²) in [6.45, 7) is 5.19. The molecule has 2 aromatic heterocycles. The van der Waals surface area contributed by atoms with Gasteiger partial charge in [-0.05, 0) is 51.1 Å². The van der Waals surface area contributed by atoms with Crippen LogP contribution in [-0.2, 0) is 16.6 Å². The van der Waals surface area contributed by atoms with Crippen molar-refractivity contribution >= 4 is 17.8 Å². The predicted octanol–water partition coefficient (Wildman–Crippen LogP) is 2.85. The van der Waals surface area contributed by atoms with Gasteiger partial charge in [-0.1, -0.05) is 17.7 Å². The number of hydrogen-bond acceptors (Lipinski definition) is 4. The van der Waals surface area contributed by atoms with Crippen LogP contribution in [0.4, 0.5) is 0 Å². The smallest absolute Gasteiger partial charge is 0.340 e. The average molecular weight is 393 g/mol. The highest BCUT2D eigenvalue weighted by atomic mass is 16.5. The average Bonchev–Trinajstić information content (AvgIpc) is 3.23. The number of carbonyl (C=O) groups is 3. The molecule has 3 aromatic rings. The number of nitrogens with zero attached hydrogens (tertiary/aromatic N) is 2. The second kappa shape index (κ2) is 8.18. The Morgan fingerprint density at radius 1 is 1.03 bits per heavy atom. The summed E-state index contributed by atoms with van der Waals surface area (Å²) in [6.07, 6.45) is 1.70. The highest BCUT2D eigenvalue weighted by Gasteiger charge is 2.20. The summed E-state index contributed by atoms with van der Waals surface area (Å²) in [5, 5.41) is 2.21. The van der Waals surface area contributed by atoms with Gasteiger partial charge in [-0.2, -0.15) is 0 Å². The van der Waals surface area contributed by atoms with E-state index in [1.54, 1.807) is 36.0 Å². The third-order valence-electron chi connectivity index (χ3n) is 4.71. The highest BCUT2D eigenvalue weighted by Crippen LogP contribution is 2.21. The molecule has 7 nitrogen and oxygen atoms in total. The molecule has 0 aliphatic heterocycles. The second-order valence-corrected chi connectivity index (χ2v) is 6.91. The van der Waals surface area contributed by atoms with Crippen molar-refractivity contribution in [2.24, 2.45) is 7.05 Å². The molecule has 29 heavy (non-hydrogen) atoms. The molecule has 2 heterocycles. The molecule has 0 saturated carbocycles. The zero-order chi connectivity index (χ0) is 21.1. The van der Waals surface area contributed by atoms with Crippen LogP contribution in [0.15, 0.2) is 48.7 Å². The van der Waals surface area contributed by atoms with Gasteiger partial charge in [-0.3, -0.25) is 14.9 Å². The Kier molecular flexibility index (Phi) is 5.68. The van der Waals surface area contributed by atoms with Crippen molar-refractivity contribution in [3.8, 4) is 5.69 Å². The number of imide groups is 1. The van der Waals surface area contributed by atoms with Crippen LogP contribution in [0.3, 0.4) is 0 Å². The molecule has 1 N–H and O–H groups in total. The number of amides is 2. The van der Waals surface area contributed by atoms with Crippen molar-refractivity contribution in [3.05, 3.63) is 76.9 Å². The van der Waals surface area contributed by atoms with Crippen LogP contribution >= 0.6 is 0 Å². The maximum Gasteiger partial charge on any atom is 0.340 e. The maximum atomic E-state index is 12.5. The molecule has 0 bridgehead atoms. The van der Waals surface area contributed by atoms with Gasteiger partial charge < -0.3 is 13.9 Å². The summed E-state index contributed by atoms with van der Waals surface area (Å²) in [5.41, 5.74) is 4.40. The Labute approximate surface area is 168 Å². The molecular formula is C22H23N3O4. The third-order valence-corrected chi connectivity index (χ3v) is 4.71. The summed E-state index contributed by atoms with van der Waals surface area (Å²) in [5.74, 6) is -1.84. The van der Waals surface area contributed by atoms with E-state index in [1.807, 2.05) is 49.6 Å². The normalized spacial score (nSPS) is 10.6. The molecule has 0 radical (unpaired) electrons. The molecule has 0 atom stereocenters. The van der Waals surface area contributed by atoms with Gasteiger partial charge in [0.25, 0.3) is 11.8 Å². The molecule has 0 saturated heterocycles. The summed E-state index contributed by atoms with van der Waals surface area (Å²) in [6, 6.07) is 13.0. The van der Waals surface area contributed by atoms with Crippen molar-refractivity contribution in [1.82, 2.24) is 14.5 Å². The number of carbonyl (C=O) groups excluding carboxylic acids is 3. The molecule has 0 spiro atoms. The van der Waals surface area contributed by atoms with Gasteiger partial charge in [0.1, 0.15) is 5.69 Å². The van der Waals surface area contributed by atoms with E-state index in [1.165, 1.54) is 0 Å². The Balaban J connectivity index is 1.66.